The molecule has 0 aromatic heterocycles. The van der Waals surface area contributed by atoms with Gasteiger partial charge in [-0.25, -0.2) is 5.43 Å². The zero-order valence-corrected chi connectivity index (χ0v) is 22.6. The van der Waals surface area contributed by atoms with E-state index >= 15 is 0 Å². The Morgan fingerprint density at radius 3 is 2.66 bits per heavy atom. The van der Waals surface area contributed by atoms with Gasteiger partial charge in [-0.1, -0.05) is 33.1 Å². The first-order valence-electron chi connectivity index (χ1n) is 14.3. The molecule has 2 heterocycles. The maximum absolute atomic E-state index is 13.1. The largest absolute Gasteiger partial charge is 0.391 e. The van der Waals surface area contributed by atoms with Crippen LogP contribution in [0.2, 0.25) is 0 Å². The fraction of sp³-hybridized carbons (Fsp3) is 0.923. The van der Waals surface area contributed by atoms with Gasteiger partial charge in [-0.2, -0.15) is 18.7 Å². The lowest BCUT2D eigenvalue weighted by Crippen LogP contribution is -2.65. The van der Waals surface area contributed by atoms with E-state index in [0.717, 1.165) is 32.1 Å². The Hall–Kier alpha value is -1.47. The van der Waals surface area contributed by atoms with Crippen molar-refractivity contribution < 1.29 is 27.6 Å². The number of hydrogen-bond donors (Lipinski definition) is 6. The number of hydrazine groups is 1. The molecule has 2 saturated carbocycles. The summed E-state index contributed by atoms with van der Waals surface area (Å²) in [6.07, 6.45) is 2.69. The second kappa shape index (κ2) is 12.8. The number of fused-ring (bicyclic) bond motifs is 1. The summed E-state index contributed by atoms with van der Waals surface area (Å²) in [6.45, 7) is 5.40. The summed E-state index contributed by atoms with van der Waals surface area (Å²) in [4.78, 5) is 30.2. The summed E-state index contributed by atoms with van der Waals surface area (Å²) >= 11 is 0. The quantitative estimate of drug-likeness (QED) is 0.250. The Morgan fingerprint density at radius 2 is 1.87 bits per heavy atom. The summed E-state index contributed by atoms with van der Waals surface area (Å²) in [5.74, 6) is -0.954. The first-order chi connectivity index (χ1) is 18.0. The Kier molecular flexibility index (Phi) is 9.94. The van der Waals surface area contributed by atoms with Gasteiger partial charge in [0, 0.05) is 31.3 Å². The summed E-state index contributed by atoms with van der Waals surface area (Å²) in [7, 11) is 0. The minimum Gasteiger partial charge on any atom is -0.356 e. The molecule has 0 aromatic carbocycles. The third-order valence-electron chi connectivity index (χ3n) is 8.72. The van der Waals surface area contributed by atoms with Crippen molar-refractivity contribution >= 4 is 11.8 Å². The number of carbonyl (C=O) groups is 2. The molecule has 0 radical (unpaired) electrons. The topological polar surface area (TPSA) is 116 Å². The molecule has 4 fully saturated rings. The van der Waals surface area contributed by atoms with Crippen LogP contribution < -0.4 is 32.3 Å². The predicted octanol–water partition coefficient (Wildman–Crippen LogP) is 2.80. The van der Waals surface area contributed by atoms with Gasteiger partial charge in [0.1, 0.15) is 6.23 Å². The highest BCUT2D eigenvalue weighted by molar-refractivity contribution is 5.79. The van der Waals surface area contributed by atoms with Crippen LogP contribution >= 0.6 is 0 Å². The first-order valence-corrected chi connectivity index (χ1v) is 14.3. The van der Waals surface area contributed by atoms with Crippen LogP contribution in [0.3, 0.4) is 0 Å². The molecule has 218 valence electrons. The molecule has 0 spiro atoms. The number of nitrogens with one attached hydrogen (secondary N) is 6. The SMILES string of the molecule is CC(C)(CNC(=O)CCCC1NC(C2CCCC(C(F)(F)F)C2)NO1)CNC1NNC(=O)C2CCCCC12. The zero-order chi connectivity index (χ0) is 27.3. The number of hydrogen-bond acceptors (Lipinski definition) is 7. The number of rotatable bonds is 10. The Balaban J connectivity index is 1.10. The molecule has 4 rings (SSSR count). The minimum atomic E-state index is -4.14. The predicted molar refractivity (Wildman–Crippen MR) is 136 cm³/mol. The van der Waals surface area contributed by atoms with E-state index in [1.54, 1.807) is 0 Å². The van der Waals surface area contributed by atoms with E-state index in [0.29, 0.717) is 38.8 Å². The van der Waals surface area contributed by atoms with Crippen molar-refractivity contribution in [3.8, 4) is 0 Å². The highest BCUT2D eigenvalue weighted by Crippen LogP contribution is 2.41. The van der Waals surface area contributed by atoms with Crippen LogP contribution in [0.15, 0.2) is 0 Å². The maximum Gasteiger partial charge on any atom is 0.391 e. The van der Waals surface area contributed by atoms with E-state index < -0.39 is 12.1 Å². The third-order valence-corrected chi connectivity index (χ3v) is 8.72. The number of hydroxylamine groups is 1. The van der Waals surface area contributed by atoms with Crippen LogP contribution in [0.4, 0.5) is 13.2 Å². The lowest BCUT2D eigenvalue weighted by atomic mass is 9.76. The van der Waals surface area contributed by atoms with Crippen molar-refractivity contribution in [2.75, 3.05) is 13.1 Å². The molecule has 12 heteroatoms. The molecule has 38 heavy (non-hydrogen) atoms. The van der Waals surface area contributed by atoms with Crippen LogP contribution in [0.5, 0.6) is 0 Å². The molecule has 7 atom stereocenters. The van der Waals surface area contributed by atoms with Gasteiger partial charge in [-0.05, 0) is 56.3 Å². The molecule has 0 bridgehead atoms. The van der Waals surface area contributed by atoms with E-state index in [4.69, 9.17) is 4.84 Å². The van der Waals surface area contributed by atoms with Gasteiger partial charge in [-0.15, -0.1) is 0 Å². The smallest absolute Gasteiger partial charge is 0.356 e. The third kappa shape index (κ3) is 8.03. The van der Waals surface area contributed by atoms with Gasteiger partial charge in [-0.3, -0.25) is 30.5 Å². The van der Waals surface area contributed by atoms with Crippen LogP contribution in [-0.2, 0) is 14.4 Å². The second-order valence-corrected chi connectivity index (χ2v) is 12.4. The molecule has 2 aliphatic carbocycles. The monoisotopic (exact) mass is 546 g/mol. The van der Waals surface area contributed by atoms with Gasteiger partial charge in [0.2, 0.25) is 11.8 Å². The Morgan fingerprint density at radius 1 is 1.08 bits per heavy atom. The molecule has 2 amide bonds. The van der Waals surface area contributed by atoms with Crippen molar-refractivity contribution in [1.82, 2.24) is 32.3 Å². The van der Waals surface area contributed by atoms with E-state index in [1.165, 1.54) is 0 Å². The molecule has 7 unspecified atom stereocenters. The summed E-state index contributed by atoms with van der Waals surface area (Å²) < 4.78 is 39.4. The highest BCUT2D eigenvalue weighted by Gasteiger charge is 2.45. The summed E-state index contributed by atoms with van der Waals surface area (Å²) in [5.41, 5.74) is 8.63. The molecular formula is C26H45F3N6O3. The number of amides is 2. The molecular weight excluding hydrogens is 501 g/mol. The van der Waals surface area contributed by atoms with Crippen LogP contribution in [0.1, 0.15) is 84.5 Å². The lowest BCUT2D eigenvalue weighted by molar-refractivity contribution is -0.187. The molecule has 4 aliphatic rings. The highest BCUT2D eigenvalue weighted by atomic mass is 19.4. The van der Waals surface area contributed by atoms with E-state index in [9.17, 15) is 22.8 Å². The van der Waals surface area contributed by atoms with E-state index in [1.807, 2.05) is 0 Å². The van der Waals surface area contributed by atoms with E-state index in [2.05, 4.69) is 46.1 Å². The fourth-order valence-corrected chi connectivity index (χ4v) is 6.38. The Bertz CT molecular complexity index is 814. The summed E-state index contributed by atoms with van der Waals surface area (Å²) in [5, 5.41) is 9.84. The van der Waals surface area contributed by atoms with Crippen LogP contribution in [0.25, 0.3) is 0 Å². The summed E-state index contributed by atoms with van der Waals surface area (Å²) in [6, 6.07) is 0. The molecule has 9 nitrogen and oxygen atoms in total. The fourth-order valence-electron chi connectivity index (χ4n) is 6.38. The lowest BCUT2D eigenvalue weighted by Gasteiger charge is -2.42. The standard InChI is InChI=1S/C26H45F3N6O3/c1-25(2,15-31-23-18-9-3-4-10-19(18)24(37)34-33-23)14-30-20(36)11-6-12-21-32-22(35-38-21)16-7-5-8-17(13-16)26(27,28)29/h16-19,21-23,31-33,35H,3-15H2,1-2H3,(H,30,36)(H,34,37). The molecule has 6 N–H and O–H groups in total. The van der Waals surface area contributed by atoms with E-state index in [-0.39, 0.29) is 66.4 Å². The average molecular weight is 547 g/mol. The van der Waals surface area contributed by atoms with Crippen molar-refractivity contribution in [3.05, 3.63) is 0 Å². The Labute approximate surface area is 223 Å². The van der Waals surface area contributed by atoms with Crippen LogP contribution in [-0.4, -0.2) is 49.6 Å². The number of carbonyl (C=O) groups excluding carboxylic acids is 2. The van der Waals surface area contributed by atoms with Gasteiger partial charge in [0.25, 0.3) is 0 Å². The van der Waals surface area contributed by atoms with Gasteiger partial charge < -0.3 is 5.32 Å². The molecule has 2 aliphatic heterocycles. The van der Waals surface area contributed by atoms with Gasteiger partial charge in [0.15, 0.2) is 0 Å². The molecule has 2 saturated heterocycles. The van der Waals surface area contributed by atoms with Crippen molar-refractivity contribution in [2.45, 2.75) is 109 Å². The maximum atomic E-state index is 13.1. The van der Waals surface area contributed by atoms with Crippen LogP contribution in [0, 0.1) is 29.1 Å². The molecule has 0 aromatic rings. The van der Waals surface area contributed by atoms with Crippen molar-refractivity contribution in [3.63, 3.8) is 0 Å². The van der Waals surface area contributed by atoms with Crippen molar-refractivity contribution in [1.29, 1.82) is 0 Å². The van der Waals surface area contributed by atoms with Gasteiger partial charge in [0.05, 0.1) is 18.2 Å². The number of halogens is 3. The normalized spacial score (nSPS) is 34.4. The number of alkyl halides is 3. The first kappa shape index (κ1) is 29.5. The zero-order valence-electron chi connectivity index (χ0n) is 22.6. The van der Waals surface area contributed by atoms with Gasteiger partial charge >= 0.3 is 6.18 Å². The van der Waals surface area contributed by atoms with Crippen molar-refractivity contribution in [2.24, 2.45) is 29.1 Å². The second-order valence-electron chi connectivity index (χ2n) is 12.4. The minimum absolute atomic E-state index is 0.0253. The average Bonchev–Trinajstić information content (AvgIpc) is 3.36.